The molecule has 0 bridgehead atoms. The Kier molecular flexibility index (Phi) is 9.72. The van der Waals surface area contributed by atoms with Gasteiger partial charge in [-0.25, -0.2) is 4.85 Å². The number of anilines is 2. The van der Waals surface area contributed by atoms with Gasteiger partial charge in [-0.15, -0.1) is 0 Å². The van der Waals surface area contributed by atoms with E-state index in [0.29, 0.717) is 36.7 Å². The Morgan fingerprint density at radius 1 is 0.946 bits per heavy atom. The number of fused-ring (bicyclic) bond motifs is 5. The maximum atomic E-state index is 14.1. The highest BCUT2D eigenvalue weighted by atomic mass is 16.5. The van der Waals surface area contributed by atoms with E-state index < -0.39 is 35.1 Å². The SMILES string of the molecule is [C-]#[N+]c1ccc2c3c([nH]c2c1)C(C)(C)c1cc(N2CCN(CCCOCCNc4cccc5c4C(=O)N(C4CCC(=O)NC4=O)C5=O)CC2)c(CC)cc1C3=O. The summed E-state index contributed by atoms with van der Waals surface area (Å²) in [6.45, 7) is 19.8. The molecule has 1 unspecified atom stereocenters. The third-order valence-electron chi connectivity index (χ3n) is 11.8. The van der Waals surface area contributed by atoms with Crippen molar-refractivity contribution in [1.82, 2.24) is 20.1 Å². The van der Waals surface area contributed by atoms with Gasteiger partial charge in [0.15, 0.2) is 11.5 Å². The van der Waals surface area contributed by atoms with E-state index in [9.17, 15) is 24.0 Å². The zero-order valence-electron chi connectivity index (χ0n) is 31.9. The Labute approximate surface area is 325 Å². The van der Waals surface area contributed by atoms with Crippen molar-refractivity contribution in [3.63, 3.8) is 0 Å². The van der Waals surface area contributed by atoms with Crippen LogP contribution >= 0.6 is 0 Å². The summed E-state index contributed by atoms with van der Waals surface area (Å²) in [5.74, 6) is -2.07. The number of ketones is 1. The average molecular weight is 756 g/mol. The zero-order chi connectivity index (χ0) is 39.3. The Morgan fingerprint density at radius 2 is 1.75 bits per heavy atom. The first-order valence-corrected chi connectivity index (χ1v) is 19.4. The molecule has 288 valence electrons. The van der Waals surface area contributed by atoms with E-state index in [2.05, 4.69) is 63.2 Å². The minimum absolute atomic E-state index is 0.0359. The number of aryl methyl sites for hydroxylation is 1. The number of piperidine rings is 1. The van der Waals surface area contributed by atoms with Gasteiger partial charge in [0.1, 0.15) is 6.04 Å². The first-order chi connectivity index (χ1) is 27.0. The summed E-state index contributed by atoms with van der Waals surface area (Å²) in [5, 5.41) is 6.31. The van der Waals surface area contributed by atoms with E-state index in [1.807, 2.05) is 12.1 Å². The van der Waals surface area contributed by atoms with E-state index in [4.69, 9.17) is 11.3 Å². The summed E-state index contributed by atoms with van der Waals surface area (Å²) in [5.41, 5.74) is 7.69. The minimum atomic E-state index is -1.01. The molecule has 0 spiro atoms. The monoisotopic (exact) mass is 755 g/mol. The first-order valence-electron chi connectivity index (χ1n) is 19.4. The van der Waals surface area contributed by atoms with Crippen molar-refractivity contribution < 1.29 is 28.7 Å². The molecule has 0 saturated carbocycles. The van der Waals surface area contributed by atoms with Gasteiger partial charge < -0.3 is 19.9 Å². The number of amides is 4. The lowest BCUT2D eigenvalue weighted by Crippen LogP contribution is -2.54. The van der Waals surface area contributed by atoms with Gasteiger partial charge in [-0.3, -0.25) is 39.1 Å². The second-order valence-electron chi connectivity index (χ2n) is 15.4. The number of piperazine rings is 1. The number of aromatic amines is 1. The van der Waals surface area contributed by atoms with E-state index >= 15 is 0 Å². The van der Waals surface area contributed by atoms with Crippen LogP contribution in [0.5, 0.6) is 0 Å². The van der Waals surface area contributed by atoms with Crippen LogP contribution in [0.15, 0.2) is 48.5 Å². The van der Waals surface area contributed by atoms with Crippen molar-refractivity contribution in [2.24, 2.45) is 0 Å². The maximum absolute atomic E-state index is 14.1. The van der Waals surface area contributed by atoms with Crippen LogP contribution < -0.4 is 15.5 Å². The Hall–Kier alpha value is -5.84. The highest BCUT2D eigenvalue weighted by molar-refractivity contribution is 6.25. The Bertz CT molecular complexity index is 2350. The molecule has 4 aliphatic rings. The molecule has 1 aliphatic carbocycles. The van der Waals surface area contributed by atoms with E-state index in [1.54, 1.807) is 24.3 Å². The molecular weight excluding hydrogens is 711 g/mol. The van der Waals surface area contributed by atoms with Crippen molar-refractivity contribution in [2.45, 2.75) is 57.9 Å². The number of hydrogen-bond acceptors (Lipinski definition) is 9. The fourth-order valence-corrected chi connectivity index (χ4v) is 8.77. The number of benzene rings is 3. The molecule has 13 nitrogen and oxygen atoms in total. The minimum Gasteiger partial charge on any atom is -0.382 e. The lowest BCUT2D eigenvalue weighted by atomic mass is 9.70. The number of H-pyrrole nitrogens is 1. The van der Waals surface area contributed by atoms with E-state index in [0.717, 1.165) is 78.2 Å². The third kappa shape index (κ3) is 6.32. The number of imide groups is 2. The Morgan fingerprint density at radius 3 is 2.50 bits per heavy atom. The number of aromatic nitrogens is 1. The van der Waals surface area contributed by atoms with Crippen LogP contribution in [0, 0.1) is 6.57 Å². The molecule has 2 fully saturated rings. The molecule has 1 aromatic heterocycles. The number of carbonyl (C=O) groups is 5. The topological polar surface area (TPSA) is 149 Å². The molecule has 4 heterocycles. The van der Waals surface area contributed by atoms with Crippen LogP contribution in [-0.2, 0) is 26.2 Å². The van der Waals surface area contributed by atoms with Crippen LogP contribution in [0.3, 0.4) is 0 Å². The third-order valence-corrected chi connectivity index (χ3v) is 11.8. The standard InChI is InChI=1S/C43H45N7O6/c1-5-25-22-29-30(43(2,3)39-37(38(29)52)27-11-10-26(44-4)23-32(27)46-39)24-34(25)49-18-16-48(17-19-49)15-7-20-56-21-14-45-31-9-6-8-28-36(31)42(55)50(41(28)54)33-12-13-35(51)47-40(33)53/h6,8-11,22-24,33,45-46H,5,7,12-21H2,1-3H3,(H,47,51,53). The quantitative estimate of drug-likeness (QED) is 0.107. The molecule has 3 N–H and O–H groups in total. The molecule has 4 aromatic rings. The molecule has 2 saturated heterocycles. The molecular formula is C43H45N7O6. The lowest BCUT2D eigenvalue weighted by molar-refractivity contribution is -0.136. The van der Waals surface area contributed by atoms with Crippen LogP contribution in [0.2, 0.25) is 0 Å². The van der Waals surface area contributed by atoms with Gasteiger partial charge in [-0.05, 0) is 60.7 Å². The average Bonchev–Trinajstić information content (AvgIpc) is 3.71. The first kappa shape index (κ1) is 37.1. The van der Waals surface area contributed by atoms with Gasteiger partial charge in [0.25, 0.3) is 11.8 Å². The molecule has 8 rings (SSSR count). The fraction of sp³-hybridized carbons (Fsp3) is 0.395. The normalized spacial score (nSPS) is 19.2. The summed E-state index contributed by atoms with van der Waals surface area (Å²) in [7, 11) is 0. The highest BCUT2D eigenvalue weighted by Gasteiger charge is 2.46. The Balaban J connectivity index is 0.827. The number of nitrogens with one attached hydrogen (secondary N) is 3. The number of ether oxygens (including phenoxy) is 1. The molecule has 3 aliphatic heterocycles. The van der Waals surface area contributed by atoms with Crippen LogP contribution in [0.25, 0.3) is 15.7 Å². The van der Waals surface area contributed by atoms with E-state index in [-0.39, 0.29) is 29.8 Å². The van der Waals surface area contributed by atoms with Crippen LogP contribution in [0.4, 0.5) is 17.1 Å². The molecule has 3 aromatic carbocycles. The predicted molar refractivity (Wildman–Crippen MR) is 212 cm³/mol. The lowest BCUT2D eigenvalue weighted by Gasteiger charge is -2.39. The highest BCUT2D eigenvalue weighted by Crippen LogP contribution is 2.46. The van der Waals surface area contributed by atoms with Gasteiger partial charge in [0, 0.05) is 91.2 Å². The van der Waals surface area contributed by atoms with Crippen LogP contribution in [0.1, 0.15) is 93.5 Å². The van der Waals surface area contributed by atoms with Crippen molar-refractivity contribution in [2.75, 3.05) is 62.7 Å². The van der Waals surface area contributed by atoms with Gasteiger partial charge in [-0.1, -0.05) is 39.0 Å². The fourth-order valence-electron chi connectivity index (χ4n) is 8.77. The zero-order valence-corrected chi connectivity index (χ0v) is 31.9. The summed E-state index contributed by atoms with van der Waals surface area (Å²) in [6, 6.07) is 13.9. The molecule has 0 radical (unpaired) electrons. The number of hydrogen-bond donors (Lipinski definition) is 3. The van der Waals surface area contributed by atoms with Crippen molar-refractivity contribution in [1.29, 1.82) is 0 Å². The van der Waals surface area contributed by atoms with Crippen LogP contribution in [-0.4, -0.2) is 103 Å². The van der Waals surface area contributed by atoms with Crippen molar-refractivity contribution >= 4 is 57.4 Å². The van der Waals surface area contributed by atoms with Gasteiger partial charge in [-0.2, -0.15) is 0 Å². The summed E-state index contributed by atoms with van der Waals surface area (Å²) in [6.07, 6.45) is 1.87. The largest absolute Gasteiger partial charge is 0.382 e. The molecule has 13 heteroatoms. The van der Waals surface area contributed by atoms with Crippen molar-refractivity contribution in [3.05, 3.63) is 99.0 Å². The maximum Gasteiger partial charge on any atom is 0.264 e. The summed E-state index contributed by atoms with van der Waals surface area (Å²) < 4.78 is 5.92. The number of rotatable bonds is 11. The van der Waals surface area contributed by atoms with Gasteiger partial charge >= 0.3 is 0 Å². The second-order valence-corrected chi connectivity index (χ2v) is 15.4. The molecule has 56 heavy (non-hydrogen) atoms. The summed E-state index contributed by atoms with van der Waals surface area (Å²) in [4.78, 5) is 77.5. The van der Waals surface area contributed by atoms with Gasteiger partial charge in [0.2, 0.25) is 11.8 Å². The van der Waals surface area contributed by atoms with E-state index in [1.165, 1.54) is 11.3 Å². The number of carbonyl (C=O) groups excluding carboxylic acids is 5. The number of nitrogens with zero attached hydrogens (tertiary/aromatic N) is 4. The smallest absolute Gasteiger partial charge is 0.264 e. The predicted octanol–water partition coefficient (Wildman–Crippen LogP) is 5.19. The van der Waals surface area contributed by atoms with Crippen molar-refractivity contribution in [3.8, 4) is 0 Å². The second kappa shape index (κ2) is 14.7. The summed E-state index contributed by atoms with van der Waals surface area (Å²) >= 11 is 0. The molecule has 1 atom stereocenters. The molecule has 4 amide bonds. The van der Waals surface area contributed by atoms with Gasteiger partial charge in [0.05, 0.1) is 29.9 Å².